The number of nitro benzene ring substituents is 1. The Balaban J connectivity index is 2.01. The average molecular weight is 383 g/mol. The predicted octanol–water partition coefficient (Wildman–Crippen LogP) is 1.40. The molecule has 0 saturated heterocycles. The maximum absolute atomic E-state index is 13.4. The molecule has 1 atom stereocenters. The van der Waals surface area contributed by atoms with Crippen molar-refractivity contribution in [2.45, 2.75) is 23.9 Å². The molecule has 2 aromatic rings. The number of thioether (sulfide) groups is 1. The maximum Gasteiger partial charge on any atom is 0.306 e. The van der Waals surface area contributed by atoms with Crippen LogP contribution in [0, 0.1) is 15.9 Å². The van der Waals surface area contributed by atoms with E-state index in [1.54, 1.807) is 11.6 Å². The van der Waals surface area contributed by atoms with Crippen LogP contribution >= 0.6 is 11.8 Å². The molecule has 0 aliphatic rings. The van der Waals surface area contributed by atoms with Gasteiger partial charge in [-0.1, -0.05) is 11.8 Å². The number of rotatable bonds is 8. The van der Waals surface area contributed by atoms with Crippen molar-refractivity contribution >= 4 is 29.0 Å². The first-order valence-electron chi connectivity index (χ1n) is 7.60. The minimum atomic E-state index is -0.963. The van der Waals surface area contributed by atoms with Crippen molar-refractivity contribution in [3.8, 4) is 0 Å². The van der Waals surface area contributed by atoms with Crippen molar-refractivity contribution in [1.29, 1.82) is 0 Å². The zero-order chi connectivity index (χ0) is 19.3. The second kappa shape index (κ2) is 8.67. The smallest absolute Gasteiger partial charge is 0.306 e. The maximum atomic E-state index is 13.4. The number of nitrogens with zero attached hydrogens (tertiary/aromatic N) is 6. The number of likely N-dealkylation sites (N-methyl/N-ethyl adjacent to an activating group) is 1. The summed E-state index contributed by atoms with van der Waals surface area (Å²) in [5.41, 5.74) is -0.557. The predicted molar refractivity (Wildman–Crippen MR) is 93.4 cm³/mol. The molecule has 1 aromatic carbocycles. The zero-order valence-electron chi connectivity index (χ0n) is 14.4. The minimum Gasteiger partial charge on any atom is -0.325 e. The molecule has 1 amide bonds. The van der Waals surface area contributed by atoms with Crippen molar-refractivity contribution in [2.75, 3.05) is 26.0 Å². The Morgan fingerprint density at radius 1 is 1.50 bits per heavy atom. The molecule has 10 nitrogen and oxygen atoms in total. The first-order chi connectivity index (χ1) is 12.3. The summed E-state index contributed by atoms with van der Waals surface area (Å²) < 4.78 is 14.9. The van der Waals surface area contributed by atoms with Crippen molar-refractivity contribution in [3.05, 3.63) is 34.1 Å². The van der Waals surface area contributed by atoms with Gasteiger partial charge in [0.15, 0.2) is 0 Å². The highest BCUT2D eigenvalue weighted by molar-refractivity contribution is 8.00. The number of hydrogen-bond acceptors (Lipinski definition) is 8. The van der Waals surface area contributed by atoms with Crippen LogP contribution < -0.4 is 5.32 Å². The average Bonchev–Trinajstić information content (AvgIpc) is 3.01. The van der Waals surface area contributed by atoms with Crippen LogP contribution in [-0.4, -0.2) is 61.8 Å². The normalized spacial score (nSPS) is 12.2. The zero-order valence-corrected chi connectivity index (χ0v) is 15.2. The van der Waals surface area contributed by atoms with E-state index in [-0.39, 0.29) is 5.69 Å². The molecule has 1 aromatic heterocycles. The second-order valence-electron chi connectivity index (χ2n) is 5.66. The molecular weight excluding hydrogens is 365 g/mol. The second-order valence-corrected chi connectivity index (χ2v) is 6.97. The summed E-state index contributed by atoms with van der Waals surface area (Å²) in [4.78, 5) is 24.2. The van der Waals surface area contributed by atoms with Gasteiger partial charge in [0.05, 0.1) is 16.7 Å². The summed E-state index contributed by atoms with van der Waals surface area (Å²) in [7, 11) is 3.85. The Bertz CT molecular complexity index is 799. The summed E-state index contributed by atoms with van der Waals surface area (Å²) in [6.45, 7) is 2.96. The van der Waals surface area contributed by atoms with Gasteiger partial charge in [-0.25, -0.2) is 4.68 Å². The van der Waals surface area contributed by atoms with Gasteiger partial charge in [0.2, 0.25) is 16.9 Å². The molecule has 1 heterocycles. The molecule has 0 radical (unpaired) electrons. The molecule has 140 valence electrons. The van der Waals surface area contributed by atoms with Gasteiger partial charge in [-0.2, -0.15) is 4.39 Å². The Kier molecular flexibility index (Phi) is 6.58. The van der Waals surface area contributed by atoms with Gasteiger partial charge < -0.3 is 10.2 Å². The molecule has 1 N–H and O–H groups in total. The number of tetrazole rings is 1. The van der Waals surface area contributed by atoms with Crippen molar-refractivity contribution in [1.82, 2.24) is 25.1 Å². The third-order valence-electron chi connectivity index (χ3n) is 3.32. The van der Waals surface area contributed by atoms with E-state index < -0.39 is 27.6 Å². The first kappa shape index (κ1) is 19.7. The van der Waals surface area contributed by atoms with Gasteiger partial charge in [-0.15, -0.1) is 5.10 Å². The van der Waals surface area contributed by atoms with E-state index >= 15 is 0 Å². The highest BCUT2D eigenvalue weighted by Crippen LogP contribution is 2.24. The molecular formula is C14H18FN7O3S. The number of anilines is 1. The van der Waals surface area contributed by atoms with Crippen LogP contribution in [0.2, 0.25) is 0 Å². The van der Waals surface area contributed by atoms with Gasteiger partial charge in [0.25, 0.3) is 0 Å². The lowest BCUT2D eigenvalue weighted by Gasteiger charge is -2.13. The van der Waals surface area contributed by atoms with E-state index in [0.29, 0.717) is 11.7 Å². The third kappa shape index (κ3) is 5.20. The van der Waals surface area contributed by atoms with E-state index in [0.717, 1.165) is 30.4 Å². The van der Waals surface area contributed by atoms with E-state index in [4.69, 9.17) is 0 Å². The standard InChI is InChI=1S/C14H18FN7O3S/c1-9(26-14-17-18-19-21(14)7-6-20(2)3)13(23)16-10-4-5-11(15)12(8-10)22(24)25/h4-5,8-9H,6-7H2,1-3H3,(H,16,23). The van der Waals surface area contributed by atoms with Crippen LogP contribution in [0.3, 0.4) is 0 Å². The topological polar surface area (TPSA) is 119 Å². The Labute approximate surface area is 152 Å². The van der Waals surface area contributed by atoms with Crippen LogP contribution in [0.25, 0.3) is 0 Å². The number of nitrogens with one attached hydrogen (secondary N) is 1. The third-order valence-corrected chi connectivity index (χ3v) is 4.39. The molecule has 0 aliphatic carbocycles. The number of hydrogen-bond donors (Lipinski definition) is 1. The Morgan fingerprint density at radius 2 is 2.23 bits per heavy atom. The fourth-order valence-electron chi connectivity index (χ4n) is 1.90. The quantitative estimate of drug-likeness (QED) is 0.413. The van der Waals surface area contributed by atoms with Gasteiger partial charge in [0.1, 0.15) is 0 Å². The summed E-state index contributed by atoms with van der Waals surface area (Å²) in [5.74, 6) is -1.37. The molecule has 26 heavy (non-hydrogen) atoms. The summed E-state index contributed by atoms with van der Waals surface area (Å²) >= 11 is 1.16. The number of nitro groups is 1. The Morgan fingerprint density at radius 3 is 2.88 bits per heavy atom. The minimum absolute atomic E-state index is 0.141. The number of amides is 1. The number of halogens is 1. The summed E-state index contributed by atoms with van der Waals surface area (Å²) in [5, 5.41) is 24.6. The van der Waals surface area contributed by atoms with Gasteiger partial charge in [-0.3, -0.25) is 14.9 Å². The van der Waals surface area contributed by atoms with Crippen LogP contribution in [0.4, 0.5) is 15.8 Å². The number of aromatic nitrogens is 4. The summed E-state index contributed by atoms with van der Waals surface area (Å²) in [6, 6.07) is 3.18. The number of benzene rings is 1. The Hall–Kier alpha value is -2.60. The molecule has 0 bridgehead atoms. The SMILES string of the molecule is CC(Sc1nnnn1CCN(C)C)C(=O)Nc1ccc(F)c([N+](=O)[O-])c1. The molecule has 0 fully saturated rings. The van der Waals surface area contributed by atoms with Crippen molar-refractivity contribution in [3.63, 3.8) is 0 Å². The number of carbonyl (C=O) groups excluding carboxylic acids is 1. The molecule has 0 aliphatic heterocycles. The van der Waals surface area contributed by atoms with E-state index in [1.807, 2.05) is 19.0 Å². The first-order valence-corrected chi connectivity index (χ1v) is 8.48. The lowest BCUT2D eigenvalue weighted by Crippen LogP contribution is -2.24. The highest BCUT2D eigenvalue weighted by atomic mass is 32.2. The fraction of sp³-hybridized carbons (Fsp3) is 0.429. The highest BCUT2D eigenvalue weighted by Gasteiger charge is 2.20. The molecule has 0 spiro atoms. The monoisotopic (exact) mass is 383 g/mol. The van der Waals surface area contributed by atoms with Crippen molar-refractivity contribution in [2.24, 2.45) is 0 Å². The van der Waals surface area contributed by atoms with Crippen LogP contribution in [0.1, 0.15) is 6.92 Å². The van der Waals surface area contributed by atoms with Crippen LogP contribution in [0.15, 0.2) is 23.4 Å². The van der Waals surface area contributed by atoms with Gasteiger partial charge in [0, 0.05) is 18.3 Å². The largest absolute Gasteiger partial charge is 0.325 e. The number of carbonyl (C=O) groups is 1. The van der Waals surface area contributed by atoms with E-state index in [2.05, 4.69) is 20.8 Å². The molecule has 12 heteroatoms. The van der Waals surface area contributed by atoms with Crippen LogP contribution in [0.5, 0.6) is 0 Å². The fourth-order valence-corrected chi connectivity index (χ4v) is 2.72. The lowest BCUT2D eigenvalue weighted by atomic mass is 10.2. The van der Waals surface area contributed by atoms with Crippen molar-refractivity contribution < 1.29 is 14.1 Å². The van der Waals surface area contributed by atoms with Gasteiger partial charge in [-0.05, 0) is 43.6 Å². The van der Waals surface area contributed by atoms with E-state index in [1.165, 1.54) is 6.07 Å². The van der Waals surface area contributed by atoms with Gasteiger partial charge >= 0.3 is 5.69 Å². The lowest BCUT2D eigenvalue weighted by molar-refractivity contribution is -0.387. The molecule has 0 saturated carbocycles. The van der Waals surface area contributed by atoms with E-state index in [9.17, 15) is 19.3 Å². The summed E-state index contributed by atoms with van der Waals surface area (Å²) in [6.07, 6.45) is 0. The molecule has 1 unspecified atom stereocenters. The van der Waals surface area contributed by atoms with Crippen LogP contribution in [-0.2, 0) is 11.3 Å². The molecule has 2 rings (SSSR count).